The molecule has 98 valence electrons. The van der Waals surface area contributed by atoms with Gasteiger partial charge < -0.3 is 10.0 Å². The van der Waals surface area contributed by atoms with Crippen molar-refractivity contribution in [2.75, 3.05) is 4.90 Å². The maximum absolute atomic E-state index is 11.3. The minimum absolute atomic E-state index is 0.228. The average Bonchev–Trinajstić information content (AvgIpc) is 2.69. The van der Waals surface area contributed by atoms with Crippen molar-refractivity contribution in [1.82, 2.24) is 4.98 Å². The molecule has 0 saturated carbocycles. The number of aromatic carboxylic acids is 1. The summed E-state index contributed by atoms with van der Waals surface area (Å²) in [6.45, 7) is 4.21. The van der Waals surface area contributed by atoms with E-state index in [0.717, 1.165) is 19.3 Å². The number of halogens is 1. The molecule has 0 amide bonds. The predicted octanol–water partition coefficient (Wildman–Crippen LogP) is 3.20. The molecular weight excluding hydrogens is 252 g/mol. The highest BCUT2D eigenvalue weighted by atomic mass is 35.5. The fraction of sp³-hybridized carbons (Fsp3) is 0.538. The molecule has 1 aliphatic rings. The predicted molar refractivity (Wildman–Crippen MR) is 71.5 cm³/mol. The molecule has 1 aliphatic heterocycles. The lowest BCUT2D eigenvalue weighted by atomic mass is 10.1. The van der Waals surface area contributed by atoms with Gasteiger partial charge in [0.1, 0.15) is 16.5 Å². The van der Waals surface area contributed by atoms with Crippen molar-refractivity contribution < 1.29 is 9.90 Å². The van der Waals surface area contributed by atoms with Crippen LogP contribution in [0.15, 0.2) is 12.1 Å². The molecule has 0 aliphatic carbocycles. The van der Waals surface area contributed by atoms with Gasteiger partial charge in [-0.3, -0.25) is 0 Å². The topological polar surface area (TPSA) is 53.4 Å². The van der Waals surface area contributed by atoms with Gasteiger partial charge in [0.05, 0.1) is 0 Å². The molecule has 2 heterocycles. The highest BCUT2D eigenvalue weighted by Crippen LogP contribution is 2.33. The van der Waals surface area contributed by atoms with Crippen molar-refractivity contribution in [3.05, 3.63) is 22.8 Å². The lowest BCUT2D eigenvalue weighted by Crippen LogP contribution is -2.36. The van der Waals surface area contributed by atoms with E-state index in [0.29, 0.717) is 23.1 Å². The molecular formula is C13H17ClN2O2. The summed E-state index contributed by atoms with van der Waals surface area (Å²) in [6, 6.07) is 3.71. The molecule has 2 unspecified atom stereocenters. The number of hydrogen-bond donors (Lipinski definition) is 1. The maximum Gasteiger partial charge on any atom is 0.339 e. The molecule has 5 heteroatoms. The van der Waals surface area contributed by atoms with E-state index in [4.69, 9.17) is 11.6 Å². The molecule has 1 N–H and O–H groups in total. The molecule has 1 saturated heterocycles. The molecule has 2 rings (SSSR count). The first-order valence-corrected chi connectivity index (χ1v) is 6.60. The number of carboxylic acids is 1. The molecule has 18 heavy (non-hydrogen) atoms. The van der Waals surface area contributed by atoms with Crippen LogP contribution in [-0.4, -0.2) is 28.1 Å². The fourth-order valence-corrected chi connectivity index (χ4v) is 2.79. The first-order valence-electron chi connectivity index (χ1n) is 6.22. The standard InChI is InChI=1S/C13H17ClN2O2/c1-3-9-5-4-8(2)16(9)12-10(13(17)18)6-7-11(14)15-12/h6-9H,3-5H2,1-2H3,(H,17,18). The molecule has 1 aromatic heterocycles. The van der Waals surface area contributed by atoms with Gasteiger partial charge >= 0.3 is 5.97 Å². The molecule has 2 atom stereocenters. The Balaban J connectivity index is 2.48. The zero-order valence-corrected chi connectivity index (χ0v) is 11.3. The van der Waals surface area contributed by atoms with E-state index in [1.165, 1.54) is 12.1 Å². The highest BCUT2D eigenvalue weighted by Gasteiger charge is 2.33. The lowest BCUT2D eigenvalue weighted by Gasteiger charge is -2.30. The second-order valence-electron chi connectivity index (χ2n) is 4.71. The number of rotatable bonds is 3. The van der Waals surface area contributed by atoms with Gasteiger partial charge in [0.2, 0.25) is 0 Å². The smallest absolute Gasteiger partial charge is 0.339 e. The average molecular weight is 269 g/mol. The first-order chi connectivity index (χ1) is 8.54. The number of pyridine rings is 1. The van der Waals surface area contributed by atoms with Crippen LogP contribution < -0.4 is 4.90 Å². The summed E-state index contributed by atoms with van der Waals surface area (Å²) in [4.78, 5) is 17.6. The summed E-state index contributed by atoms with van der Waals surface area (Å²) in [5, 5.41) is 9.59. The summed E-state index contributed by atoms with van der Waals surface area (Å²) in [5.74, 6) is -0.449. The number of carbonyl (C=O) groups is 1. The fourth-order valence-electron chi connectivity index (χ4n) is 2.64. The maximum atomic E-state index is 11.3. The minimum atomic E-state index is -0.955. The Labute approximate surface area is 112 Å². The molecule has 0 aromatic carbocycles. The Morgan fingerprint density at radius 1 is 1.56 bits per heavy atom. The molecule has 1 aromatic rings. The van der Waals surface area contributed by atoms with E-state index in [2.05, 4.69) is 23.7 Å². The Morgan fingerprint density at radius 2 is 2.28 bits per heavy atom. The monoisotopic (exact) mass is 268 g/mol. The first kappa shape index (κ1) is 13.1. The van der Waals surface area contributed by atoms with E-state index in [-0.39, 0.29) is 5.56 Å². The normalized spacial score (nSPS) is 23.4. The van der Waals surface area contributed by atoms with Crippen LogP contribution in [0.5, 0.6) is 0 Å². The van der Waals surface area contributed by atoms with Gasteiger partial charge in [0.25, 0.3) is 0 Å². The van der Waals surface area contributed by atoms with Crippen molar-refractivity contribution in [3.8, 4) is 0 Å². The van der Waals surface area contributed by atoms with Crippen LogP contribution >= 0.6 is 11.6 Å². The second-order valence-corrected chi connectivity index (χ2v) is 5.09. The van der Waals surface area contributed by atoms with Gasteiger partial charge in [-0.2, -0.15) is 0 Å². The number of anilines is 1. The van der Waals surface area contributed by atoms with E-state index < -0.39 is 5.97 Å². The summed E-state index contributed by atoms with van der Waals surface area (Å²) in [7, 11) is 0. The van der Waals surface area contributed by atoms with Gasteiger partial charge in [-0.25, -0.2) is 9.78 Å². The molecule has 0 bridgehead atoms. The SMILES string of the molecule is CCC1CCC(C)N1c1nc(Cl)ccc1C(=O)O. The Bertz CT molecular complexity index is 464. The summed E-state index contributed by atoms with van der Waals surface area (Å²) in [5.41, 5.74) is 0.228. The van der Waals surface area contributed by atoms with Crippen LogP contribution in [-0.2, 0) is 0 Å². The van der Waals surface area contributed by atoms with E-state index in [9.17, 15) is 9.90 Å². The third-order valence-electron chi connectivity index (χ3n) is 3.57. The van der Waals surface area contributed by atoms with Crippen LogP contribution in [0.25, 0.3) is 0 Å². The van der Waals surface area contributed by atoms with Crippen LogP contribution in [0.2, 0.25) is 5.15 Å². The van der Waals surface area contributed by atoms with Gasteiger partial charge in [-0.1, -0.05) is 18.5 Å². The highest BCUT2D eigenvalue weighted by molar-refractivity contribution is 6.29. The van der Waals surface area contributed by atoms with Crippen molar-refractivity contribution in [2.45, 2.75) is 45.2 Å². The number of nitrogens with zero attached hydrogens (tertiary/aromatic N) is 2. The Hall–Kier alpha value is -1.29. The van der Waals surface area contributed by atoms with E-state index in [1.807, 2.05) is 0 Å². The molecule has 0 spiro atoms. The van der Waals surface area contributed by atoms with E-state index in [1.54, 1.807) is 0 Å². The largest absolute Gasteiger partial charge is 0.478 e. The van der Waals surface area contributed by atoms with E-state index >= 15 is 0 Å². The molecule has 1 fully saturated rings. The van der Waals surface area contributed by atoms with Gasteiger partial charge in [0.15, 0.2) is 0 Å². The van der Waals surface area contributed by atoms with Gasteiger partial charge in [-0.05, 0) is 38.3 Å². The lowest BCUT2D eigenvalue weighted by molar-refractivity contribution is 0.0697. The number of aromatic nitrogens is 1. The summed E-state index contributed by atoms with van der Waals surface area (Å²) >= 11 is 5.91. The van der Waals surface area contributed by atoms with Crippen molar-refractivity contribution in [1.29, 1.82) is 0 Å². The third-order valence-corrected chi connectivity index (χ3v) is 3.78. The summed E-state index contributed by atoms with van der Waals surface area (Å²) in [6.07, 6.45) is 3.12. The minimum Gasteiger partial charge on any atom is -0.478 e. The quantitative estimate of drug-likeness (QED) is 0.856. The van der Waals surface area contributed by atoms with Gasteiger partial charge in [-0.15, -0.1) is 0 Å². The molecule has 4 nitrogen and oxygen atoms in total. The van der Waals surface area contributed by atoms with Crippen molar-refractivity contribution in [3.63, 3.8) is 0 Å². The Kier molecular flexibility index (Phi) is 3.76. The Morgan fingerprint density at radius 3 is 2.89 bits per heavy atom. The number of hydrogen-bond acceptors (Lipinski definition) is 3. The third kappa shape index (κ3) is 2.29. The molecule has 0 radical (unpaired) electrons. The summed E-state index contributed by atoms with van der Waals surface area (Å²) < 4.78 is 0. The van der Waals surface area contributed by atoms with Crippen LogP contribution in [0.3, 0.4) is 0 Å². The van der Waals surface area contributed by atoms with Gasteiger partial charge in [0, 0.05) is 12.1 Å². The number of carboxylic acid groups (broad SMARTS) is 1. The van der Waals surface area contributed by atoms with Crippen LogP contribution in [0.1, 0.15) is 43.5 Å². The van der Waals surface area contributed by atoms with Crippen molar-refractivity contribution >= 4 is 23.4 Å². The second kappa shape index (κ2) is 5.14. The van der Waals surface area contributed by atoms with Crippen LogP contribution in [0, 0.1) is 0 Å². The zero-order valence-electron chi connectivity index (χ0n) is 10.6. The van der Waals surface area contributed by atoms with Crippen molar-refractivity contribution in [2.24, 2.45) is 0 Å². The zero-order chi connectivity index (χ0) is 13.3. The van der Waals surface area contributed by atoms with Crippen LogP contribution in [0.4, 0.5) is 5.82 Å².